The number of nitrogens with one attached hydrogen (secondary N) is 2. The second kappa shape index (κ2) is 8.49. The predicted octanol–water partition coefficient (Wildman–Crippen LogP) is 5.36. The Labute approximate surface area is 192 Å². The van der Waals surface area contributed by atoms with E-state index >= 15 is 0 Å². The Balaban J connectivity index is 1.32. The molecule has 0 aliphatic carbocycles. The third-order valence-corrected chi connectivity index (χ3v) is 6.35. The fourth-order valence-corrected chi connectivity index (χ4v) is 4.71. The number of hydrogen-bond acceptors (Lipinski definition) is 5. The van der Waals surface area contributed by atoms with Crippen LogP contribution < -0.4 is 10.9 Å². The third kappa shape index (κ3) is 3.86. The summed E-state index contributed by atoms with van der Waals surface area (Å²) in [6, 6.07) is 21.4. The summed E-state index contributed by atoms with van der Waals surface area (Å²) in [5.41, 5.74) is 2.32. The summed E-state index contributed by atoms with van der Waals surface area (Å²) in [6.45, 7) is 0.187. The van der Waals surface area contributed by atoms with Gasteiger partial charge in [-0.25, -0.2) is 4.98 Å². The lowest BCUT2D eigenvalue weighted by Crippen LogP contribution is -2.25. The largest absolute Gasteiger partial charge is 0.332 e. The van der Waals surface area contributed by atoms with Crippen molar-refractivity contribution in [1.29, 1.82) is 0 Å². The average molecular weight is 459 g/mol. The molecular weight excluding hydrogens is 440 g/mol. The number of amides is 1. The Morgan fingerprint density at radius 3 is 2.66 bits per heavy atom. The van der Waals surface area contributed by atoms with Crippen LogP contribution in [-0.2, 0) is 11.3 Å². The number of benzene rings is 3. The molecule has 0 unspecified atom stereocenters. The molecule has 0 aliphatic heterocycles. The van der Waals surface area contributed by atoms with E-state index in [-0.39, 0.29) is 24.4 Å². The summed E-state index contributed by atoms with van der Waals surface area (Å²) >= 11 is 6.68. The van der Waals surface area contributed by atoms with Gasteiger partial charge in [0.2, 0.25) is 5.91 Å². The molecule has 5 rings (SSSR count). The van der Waals surface area contributed by atoms with Crippen LogP contribution >= 0.6 is 23.6 Å². The molecule has 2 aromatic heterocycles. The molecule has 0 radical (unpaired) electrons. The van der Waals surface area contributed by atoms with Crippen molar-refractivity contribution in [3.63, 3.8) is 0 Å². The van der Waals surface area contributed by atoms with Gasteiger partial charge in [0.1, 0.15) is 0 Å². The summed E-state index contributed by atoms with van der Waals surface area (Å²) in [5, 5.41) is 8.09. The van der Waals surface area contributed by atoms with E-state index in [0.29, 0.717) is 20.8 Å². The van der Waals surface area contributed by atoms with Crippen LogP contribution in [0, 0.1) is 4.77 Å². The van der Waals surface area contributed by atoms with E-state index in [1.165, 1.54) is 15.9 Å². The van der Waals surface area contributed by atoms with Crippen LogP contribution in [0.15, 0.2) is 76.9 Å². The van der Waals surface area contributed by atoms with Crippen molar-refractivity contribution < 1.29 is 4.79 Å². The molecule has 158 valence electrons. The molecule has 0 saturated carbocycles. The number of para-hydroxylation sites is 1. The second-order valence-electron chi connectivity index (χ2n) is 7.30. The first-order valence-electron chi connectivity index (χ1n) is 10.1. The van der Waals surface area contributed by atoms with Crippen molar-refractivity contribution in [3.8, 4) is 11.3 Å². The topological polar surface area (TPSA) is 79.8 Å². The zero-order valence-corrected chi connectivity index (χ0v) is 18.5. The normalized spacial score (nSPS) is 11.1. The van der Waals surface area contributed by atoms with Crippen molar-refractivity contribution in [2.45, 2.75) is 13.0 Å². The van der Waals surface area contributed by atoms with Gasteiger partial charge in [-0.2, -0.15) is 0 Å². The molecule has 1 amide bonds. The van der Waals surface area contributed by atoms with Crippen molar-refractivity contribution in [2.24, 2.45) is 0 Å². The first kappa shape index (κ1) is 20.3. The average Bonchev–Trinajstić information content (AvgIpc) is 3.26. The summed E-state index contributed by atoms with van der Waals surface area (Å²) in [6.07, 6.45) is 0.110. The number of fused-ring (bicyclic) bond motifs is 2. The van der Waals surface area contributed by atoms with Crippen molar-refractivity contribution in [2.75, 3.05) is 5.32 Å². The standard InChI is InChI=1S/C24H18N4O2S2/c29-21(12-13-28-22(30)18-9-3-4-11-19(18)26-24(28)31)27-23-25-20(14-32-23)17-10-5-7-15-6-1-2-8-16(15)17/h1-11,14H,12-13H2,(H,26,31)(H,25,27,29). The molecule has 0 atom stereocenters. The molecule has 0 aliphatic rings. The minimum atomic E-state index is -0.224. The maximum atomic E-state index is 12.7. The predicted molar refractivity (Wildman–Crippen MR) is 132 cm³/mol. The number of carbonyl (C=O) groups excluding carboxylic acids is 1. The quantitative estimate of drug-likeness (QED) is 0.347. The first-order valence-corrected chi connectivity index (χ1v) is 11.3. The molecule has 2 N–H and O–H groups in total. The Morgan fingerprint density at radius 2 is 1.78 bits per heavy atom. The van der Waals surface area contributed by atoms with Gasteiger partial charge in [-0.05, 0) is 35.1 Å². The highest BCUT2D eigenvalue weighted by atomic mass is 32.1. The van der Waals surface area contributed by atoms with Crippen LogP contribution in [0.2, 0.25) is 0 Å². The molecule has 8 heteroatoms. The Morgan fingerprint density at radius 1 is 1.03 bits per heavy atom. The van der Waals surface area contributed by atoms with Crippen molar-refractivity contribution >= 4 is 56.3 Å². The molecule has 0 bridgehead atoms. The van der Waals surface area contributed by atoms with E-state index < -0.39 is 0 Å². The fourth-order valence-electron chi connectivity index (χ4n) is 3.70. The number of nitrogens with zero attached hydrogens (tertiary/aromatic N) is 2. The van der Waals surface area contributed by atoms with Gasteiger partial charge in [0, 0.05) is 23.9 Å². The van der Waals surface area contributed by atoms with Gasteiger partial charge in [0.25, 0.3) is 5.56 Å². The smallest absolute Gasteiger partial charge is 0.262 e. The van der Waals surface area contributed by atoms with Gasteiger partial charge >= 0.3 is 0 Å². The number of rotatable bonds is 5. The Bertz CT molecular complexity index is 1580. The minimum absolute atomic E-state index is 0.110. The number of thiazole rings is 1. The van der Waals surface area contributed by atoms with Crippen molar-refractivity contribution in [1.82, 2.24) is 14.5 Å². The maximum Gasteiger partial charge on any atom is 0.262 e. The third-order valence-electron chi connectivity index (χ3n) is 5.27. The van der Waals surface area contributed by atoms with Gasteiger partial charge in [-0.3, -0.25) is 14.2 Å². The number of aromatic nitrogens is 3. The van der Waals surface area contributed by atoms with Gasteiger partial charge < -0.3 is 10.3 Å². The highest BCUT2D eigenvalue weighted by molar-refractivity contribution is 7.71. The van der Waals surface area contributed by atoms with Crippen LogP contribution in [0.4, 0.5) is 5.13 Å². The lowest BCUT2D eigenvalue weighted by Gasteiger charge is -2.08. The number of anilines is 1. The SMILES string of the molecule is O=C(CCn1c(=S)[nH]c2ccccc2c1=O)Nc1nc(-c2cccc3ccccc23)cs1. The highest BCUT2D eigenvalue weighted by Crippen LogP contribution is 2.31. The van der Waals surface area contributed by atoms with Crippen LogP contribution in [0.3, 0.4) is 0 Å². The molecule has 3 aromatic carbocycles. The first-order chi connectivity index (χ1) is 15.6. The molecule has 2 heterocycles. The Kier molecular flexibility index (Phi) is 5.38. The lowest BCUT2D eigenvalue weighted by atomic mass is 10.0. The lowest BCUT2D eigenvalue weighted by molar-refractivity contribution is -0.116. The fraction of sp³-hybridized carbons (Fsp3) is 0.0833. The molecule has 0 saturated heterocycles. The summed E-state index contributed by atoms with van der Waals surface area (Å²) < 4.78 is 1.72. The van der Waals surface area contributed by atoms with Crippen molar-refractivity contribution in [3.05, 3.63) is 87.2 Å². The van der Waals surface area contributed by atoms with Crippen LogP contribution in [0.1, 0.15) is 6.42 Å². The van der Waals surface area contributed by atoms with Gasteiger partial charge in [-0.1, -0.05) is 54.6 Å². The monoisotopic (exact) mass is 458 g/mol. The summed E-state index contributed by atoms with van der Waals surface area (Å²) in [7, 11) is 0. The molecule has 0 spiro atoms. The van der Waals surface area contributed by atoms with E-state index in [2.05, 4.69) is 33.5 Å². The number of carbonyl (C=O) groups is 1. The number of hydrogen-bond donors (Lipinski definition) is 2. The van der Waals surface area contributed by atoms with E-state index in [1.807, 2.05) is 35.7 Å². The molecular formula is C24H18N4O2S2. The van der Waals surface area contributed by atoms with E-state index in [4.69, 9.17) is 12.2 Å². The van der Waals surface area contributed by atoms with Crippen LogP contribution in [-0.4, -0.2) is 20.4 Å². The minimum Gasteiger partial charge on any atom is -0.332 e. The van der Waals surface area contributed by atoms with Gasteiger partial charge in [0.15, 0.2) is 9.90 Å². The summed E-state index contributed by atoms with van der Waals surface area (Å²) in [5.74, 6) is -0.224. The second-order valence-corrected chi connectivity index (χ2v) is 8.54. The van der Waals surface area contributed by atoms with Crippen LogP contribution in [0.5, 0.6) is 0 Å². The van der Waals surface area contributed by atoms with E-state index in [1.54, 1.807) is 18.2 Å². The van der Waals surface area contributed by atoms with Gasteiger partial charge in [-0.15, -0.1) is 11.3 Å². The zero-order valence-electron chi connectivity index (χ0n) is 16.9. The van der Waals surface area contributed by atoms with Gasteiger partial charge in [0.05, 0.1) is 16.6 Å². The molecule has 32 heavy (non-hydrogen) atoms. The molecule has 6 nitrogen and oxygen atoms in total. The summed E-state index contributed by atoms with van der Waals surface area (Å²) in [4.78, 5) is 32.9. The zero-order chi connectivity index (χ0) is 22.1. The number of aromatic amines is 1. The molecule has 5 aromatic rings. The number of H-pyrrole nitrogens is 1. The Hall–Kier alpha value is -3.62. The molecule has 0 fully saturated rings. The highest BCUT2D eigenvalue weighted by Gasteiger charge is 2.12. The maximum absolute atomic E-state index is 12.7. The van der Waals surface area contributed by atoms with E-state index in [9.17, 15) is 9.59 Å². The van der Waals surface area contributed by atoms with Crippen LogP contribution in [0.25, 0.3) is 32.9 Å². The van der Waals surface area contributed by atoms with E-state index in [0.717, 1.165) is 22.0 Å².